The lowest BCUT2D eigenvalue weighted by Gasteiger charge is -2.00. The van der Waals surface area contributed by atoms with Crippen LogP contribution in [0, 0.1) is 0 Å². The molecule has 1 heterocycles. The molecule has 1 aliphatic rings. The molecular formula is C7H11NO2. The van der Waals surface area contributed by atoms with Gasteiger partial charge in [-0.1, -0.05) is 6.08 Å². The van der Waals surface area contributed by atoms with E-state index in [1.54, 1.807) is 13.0 Å². The Hall–Kier alpha value is -0.830. The molecule has 2 atom stereocenters. The largest absolute Gasteiger partial charge is 0.446 e. The molecule has 1 saturated heterocycles. The zero-order chi connectivity index (χ0) is 7.56. The van der Waals surface area contributed by atoms with Gasteiger partial charge in [-0.15, -0.1) is 6.58 Å². The fourth-order valence-electron chi connectivity index (χ4n) is 0.973. The van der Waals surface area contributed by atoms with Gasteiger partial charge < -0.3 is 4.74 Å². The number of hydrogen-bond donors (Lipinski definition) is 1. The second-order valence-electron chi connectivity index (χ2n) is 2.32. The molecule has 1 rings (SSSR count). The van der Waals surface area contributed by atoms with Crippen LogP contribution in [0.2, 0.25) is 0 Å². The van der Waals surface area contributed by atoms with Crippen LogP contribution in [0.4, 0.5) is 0 Å². The molecule has 1 aliphatic heterocycles. The van der Waals surface area contributed by atoms with Crippen LogP contribution >= 0.6 is 0 Å². The van der Waals surface area contributed by atoms with Crippen molar-refractivity contribution in [2.24, 2.45) is 0 Å². The van der Waals surface area contributed by atoms with E-state index in [-0.39, 0.29) is 18.2 Å². The molecule has 0 bridgehead atoms. The quantitative estimate of drug-likeness (QED) is 0.447. The number of cyclic esters (lactones) is 1. The van der Waals surface area contributed by atoms with Gasteiger partial charge in [-0.05, 0) is 13.3 Å². The maximum Gasteiger partial charge on any atom is 0.325 e. The lowest BCUT2D eigenvalue weighted by molar-refractivity contribution is -0.141. The second kappa shape index (κ2) is 2.84. The predicted molar refractivity (Wildman–Crippen MR) is 37.3 cm³/mol. The molecule has 1 N–H and O–H groups in total. The second-order valence-corrected chi connectivity index (χ2v) is 2.32. The SMILES string of the molecule is C=CC[C@@H]1NC(C)OC1=O. The van der Waals surface area contributed by atoms with E-state index in [1.165, 1.54) is 0 Å². The molecule has 0 spiro atoms. The molecule has 0 amide bonds. The van der Waals surface area contributed by atoms with Crippen molar-refractivity contribution in [2.75, 3.05) is 0 Å². The molecule has 0 radical (unpaired) electrons. The van der Waals surface area contributed by atoms with E-state index in [1.807, 2.05) is 0 Å². The van der Waals surface area contributed by atoms with Gasteiger partial charge in [0, 0.05) is 0 Å². The van der Waals surface area contributed by atoms with Crippen molar-refractivity contribution in [1.82, 2.24) is 5.32 Å². The van der Waals surface area contributed by atoms with Crippen molar-refractivity contribution in [2.45, 2.75) is 25.6 Å². The summed E-state index contributed by atoms with van der Waals surface area (Å²) in [5, 5.41) is 2.96. The Bertz CT molecular complexity index is 156. The van der Waals surface area contributed by atoms with Crippen LogP contribution in [0.25, 0.3) is 0 Å². The molecule has 0 aromatic carbocycles. The van der Waals surface area contributed by atoms with Crippen molar-refractivity contribution >= 4 is 5.97 Å². The summed E-state index contributed by atoms with van der Waals surface area (Å²) in [6.07, 6.45) is 2.21. The third-order valence-electron chi connectivity index (χ3n) is 1.42. The molecule has 0 saturated carbocycles. The maximum absolute atomic E-state index is 10.8. The summed E-state index contributed by atoms with van der Waals surface area (Å²) in [6, 6.07) is -0.174. The fraction of sp³-hybridized carbons (Fsp3) is 0.571. The third kappa shape index (κ3) is 1.36. The Morgan fingerprint density at radius 3 is 3.00 bits per heavy atom. The Labute approximate surface area is 60.1 Å². The summed E-state index contributed by atoms with van der Waals surface area (Å²) >= 11 is 0. The van der Waals surface area contributed by atoms with Gasteiger partial charge >= 0.3 is 5.97 Å². The highest BCUT2D eigenvalue weighted by molar-refractivity contribution is 5.77. The molecule has 0 aromatic heterocycles. The zero-order valence-electron chi connectivity index (χ0n) is 5.96. The molecule has 0 aliphatic carbocycles. The molecule has 3 heteroatoms. The van der Waals surface area contributed by atoms with Crippen LogP contribution in [0.5, 0.6) is 0 Å². The van der Waals surface area contributed by atoms with E-state index in [2.05, 4.69) is 11.9 Å². The summed E-state index contributed by atoms with van der Waals surface area (Å²) < 4.78 is 4.83. The molecule has 1 unspecified atom stereocenters. The Kier molecular flexibility index (Phi) is 2.06. The Morgan fingerprint density at radius 1 is 1.90 bits per heavy atom. The Morgan fingerprint density at radius 2 is 2.60 bits per heavy atom. The van der Waals surface area contributed by atoms with Crippen molar-refractivity contribution in [3.05, 3.63) is 12.7 Å². The van der Waals surface area contributed by atoms with Gasteiger partial charge in [0.25, 0.3) is 0 Å². The normalized spacial score (nSPS) is 31.9. The predicted octanol–water partition coefficient (Wildman–Crippen LogP) is 0.424. The van der Waals surface area contributed by atoms with Gasteiger partial charge in [0.05, 0.1) is 0 Å². The third-order valence-corrected chi connectivity index (χ3v) is 1.42. The molecule has 10 heavy (non-hydrogen) atoms. The maximum atomic E-state index is 10.8. The van der Waals surface area contributed by atoms with Gasteiger partial charge in [-0.2, -0.15) is 0 Å². The van der Waals surface area contributed by atoms with Gasteiger partial charge in [0.1, 0.15) is 6.04 Å². The van der Waals surface area contributed by atoms with Crippen molar-refractivity contribution in [1.29, 1.82) is 0 Å². The van der Waals surface area contributed by atoms with Gasteiger partial charge in [0.15, 0.2) is 6.23 Å². The number of carbonyl (C=O) groups is 1. The highest BCUT2D eigenvalue weighted by atomic mass is 16.6. The minimum absolute atomic E-state index is 0.141. The molecule has 3 nitrogen and oxygen atoms in total. The molecule has 1 fully saturated rings. The summed E-state index contributed by atoms with van der Waals surface area (Å²) in [5.41, 5.74) is 0. The first kappa shape index (κ1) is 7.28. The van der Waals surface area contributed by atoms with Gasteiger partial charge in [-0.3, -0.25) is 10.1 Å². The molecular weight excluding hydrogens is 130 g/mol. The minimum Gasteiger partial charge on any atom is -0.446 e. The van der Waals surface area contributed by atoms with E-state index < -0.39 is 0 Å². The molecule has 0 aromatic rings. The lowest BCUT2D eigenvalue weighted by Crippen LogP contribution is -2.29. The Balaban J connectivity index is 2.46. The first-order chi connectivity index (χ1) is 4.74. The van der Waals surface area contributed by atoms with Crippen LogP contribution in [0.15, 0.2) is 12.7 Å². The van der Waals surface area contributed by atoms with Crippen molar-refractivity contribution in [3.8, 4) is 0 Å². The first-order valence-corrected chi connectivity index (χ1v) is 3.31. The molecule has 56 valence electrons. The van der Waals surface area contributed by atoms with E-state index in [9.17, 15) is 4.79 Å². The van der Waals surface area contributed by atoms with Crippen LogP contribution in [0.1, 0.15) is 13.3 Å². The van der Waals surface area contributed by atoms with Crippen LogP contribution in [-0.4, -0.2) is 18.2 Å². The van der Waals surface area contributed by atoms with Crippen molar-refractivity contribution < 1.29 is 9.53 Å². The van der Waals surface area contributed by atoms with E-state index in [4.69, 9.17) is 4.74 Å². The lowest BCUT2D eigenvalue weighted by atomic mass is 10.2. The summed E-state index contributed by atoms with van der Waals surface area (Å²) in [5.74, 6) is -0.174. The van der Waals surface area contributed by atoms with Gasteiger partial charge in [-0.25, -0.2) is 0 Å². The zero-order valence-corrected chi connectivity index (χ0v) is 5.96. The van der Waals surface area contributed by atoms with Crippen molar-refractivity contribution in [3.63, 3.8) is 0 Å². The number of rotatable bonds is 2. The van der Waals surface area contributed by atoms with E-state index in [0.29, 0.717) is 6.42 Å². The monoisotopic (exact) mass is 141 g/mol. The average molecular weight is 141 g/mol. The highest BCUT2D eigenvalue weighted by Crippen LogP contribution is 2.07. The van der Waals surface area contributed by atoms with Gasteiger partial charge in [0.2, 0.25) is 0 Å². The number of hydrogen-bond acceptors (Lipinski definition) is 3. The number of nitrogens with one attached hydrogen (secondary N) is 1. The summed E-state index contributed by atoms with van der Waals surface area (Å²) in [4.78, 5) is 10.8. The smallest absolute Gasteiger partial charge is 0.325 e. The summed E-state index contributed by atoms with van der Waals surface area (Å²) in [6.45, 7) is 5.34. The fourth-order valence-corrected chi connectivity index (χ4v) is 0.973. The minimum atomic E-state index is -0.174. The standard InChI is InChI=1S/C7H11NO2/c1-3-4-6-7(9)10-5(2)8-6/h3,5-6,8H,1,4H2,2H3/t5?,6-/m0/s1. The highest BCUT2D eigenvalue weighted by Gasteiger charge is 2.29. The van der Waals surface area contributed by atoms with Crippen LogP contribution in [-0.2, 0) is 9.53 Å². The number of carbonyl (C=O) groups excluding carboxylic acids is 1. The average Bonchev–Trinajstić information content (AvgIpc) is 2.13. The van der Waals surface area contributed by atoms with Crippen LogP contribution in [0.3, 0.4) is 0 Å². The summed E-state index contributed by atoms with van der Waals surface area (Å²) in [7, 11) is 0. The van der Waals surface area contributed by atoms with Crippen LogP contribution < -0.4 is 5.32 Å². The topological polar surface area (TPSA) is 38.3 Å². The number of esters is 1. The number of ether oxygens (including phenoxy) is 1. The van der Waals surface area contributed by atoms with E-state index in [0.717, 1.165) is 0 Å². The first-order valence-electron chi connectivity index (χ1n) is 3.31. The van der Waals surface area contributed by atoms with E-state index >= 15 is 0 Å².